The molecule has 3 aromatic rings. The Bertz CT molecular complexity index is 952. The van der Waals surface area contributed by atoms with E-state index in [-0.39, 0.29) is 10.6 Å². The lowest BCUT2D eigenvalue weighted by molar-refractivity contribution is 0.102. The van der Waals surface area contributed by atoms with Gasteiger partial charge in [0, 0.05) is 6.07 Å². The van der Waals surface area contributed by atoms with E-state index in [0.717, 1.165) is 23.4 Å². The minimum atomic E-state index is -1.14. The van der Waals surface area contributed by atoms with Gasteiger partial charge in [-0.1, -0.05) is 29.3 Å². The van der Waals surface area contributed by atoms with Crippen LogP contribution in [0.4, 0.5) is 14.6 Å². The lowest BCUT2D eigenvalue weighted by Gasteiger charge is -2.10. The number of carbonyl (C=O) groups is 1. The number of hydrogen-bond acceptors (Lipinski definition) is 2. The summed E-state index contributed by atoms with van der Waals surface area (Å²) in [5.74, 6) is -2.51. The molecule has 0 bridgehead atoms. The molecule has 3 rings (SSSR count). The molecule has 7 heteroatoms. The lowest BCUT2D eigenvalue weighted by atomic mass is 10.2. The summed E-state index contributed by atoms with van der Waals surface area (Å²) < 4.78 is 28.1. The molecule has 2 aromatic carbocycles. The molecular formula is C18H14ClF2N3O. The Kier molecular flexibility index (Phi) is 4.55. The topological polar surface area (TPSA) is 46.9 Å². The van der Waals surface area contributed by atoms with E-state index in [1.54, 1.807) is 17.7 Å². The maximum Gasteiger partial charge on any atom is 0.258 e. The van der Waals surface area contributed by atoms with Gasteiger partial charge in [-0.15, -0.1) is 0 Å². The SMILES string of the molecule is Cc1ccc(-n2nc(C)cc2NC(=O)c2cc(F)c(F)cc2Cl)cc1. The van der Waals surface area contributed by atoms with Crippen molar-refractivity contribution in [1.82, 2.24) is 9.78 Å². The molecule has 4 nitrogen and oxygen atoms in total. The molecular weight excluding hydrogens is 348 g/mol. The molecule has 0 saturated carbocycles. The smallest absolute Gasteiger partial charge is 0.258 e. The number of rotatable bonds is 3. The molecule has 1 amide bonds. The molecule has 128 valence electrons. The quantitative estimate of drug-likeness (QED) is 0.689. The monoisotopic (exact) mass is 361 g/mol. The molecule has 0 radical (unpaired) electrons. The number of halogens is 3. The summed E-state index contributed by atoms with van der Waals surface area (Å²) in [4.78, 5) is 12.4. The van der Waals surface area contributed by atoms with Gasteiger partial charge < -0.3 is 5.32 Å². The van der Waals surface area contributed by atoms with Crippen LogP contribution in [0.2, 0.25) is 5.02 Å². The lowest BCUT2D eigenvalue weighted by Crippen LogP contribution is -2.16. The molecule has 1 N–H and O–H groups in total. The minimum absolute atomic E-state index is 0.158. The Labute approximate surface area is 148 Å². The normalized spacial score (nSPS) is 10.8. The van der Waals surface area contributed by atoms with Crippen LogP contribution in [0.5, 0.6) is 0 Å². The molecule has 1 aromatic heterocycles. The third kappa shape index (κ3) is 3.53. The van der Waals surface area contributed by atoms with Crippen molar-refractivity contribution in [3.05, 3.63) is 75.9 Å². The molecule has 0 aliphatic heterocycles. The zero-order valence-corrected chi connectivity index (χ0v) is 14.2. The van der Waals surface area contributed by atoms with Crippen LogP contribution >= 0.6 is 11.6 Å². The van der Waals surface area contributed by atoms with E-state index >= 15 is 0 Å². The van der Waals surface area contributed by atoms with Gasteiger partial charge in [0.2, 0.25) is 0 Å². The summed E-state index contributed by atoms with van der Waals surface area (Å²) in [7, 11) is 0. The molecule has 0 fully saturated rings. The fourth-order valence-electron chi connectivity index (χ4n) is 2.35. The second-order valence-corrected chi connectivity index (χ2v) is 6.03. The molecule has 0 spiro atoms. The zero-order chi connectivity index (χ0) is 18.1. The van der Waals surface area contributed by atoms with Crippen LogP contribution in [0.1, 0.15) is 21.6 Å². The van der Waals surface area contributed by atoms with Gasteiger partial charge >= 0.3 is 0 Å². The number of carbonyl (C=O) groups excluding carboxylic acids is 1. The van der Waals surface area contributed by atoms with Crippen LogP contribution in [0.3, 0.4) is 0 Å². The van der Waals surface area contributed by atoms with Gasteiger partial charge in [0.25, 0.3) is 5.91 Å². The van der Waals surface area contributed by atoms with Crippen molar-refractivity contribution in [2.75, 3.05) is 5.32 Å². The van der Waals surface area contributed by atoms with Crippen molar-refractivity contribution in [3.63, 3.8) is 0 Å². The Morgan fingerprint density at radius 2 is 1.72 bits per heavy atom. The van der Waals surface area contributed by atoms with Crippen LogP contribution < -0.4 is 5.32 Å². The summed E-state index contributed by atoms with van der Waals surface area (Å²) in [5.41, 5.74) is 2.37. The van der Waals surface area contributed by atoms with Gasteiger partial charge in [0.1, 0.15) is 5.82 Å². The van der Waals surface area contributed by atoms with Crippen molar-refractivity contribution in [2.24, 2.45) is 0 Å². The maximum atomic E-state index is 13.4. The molecule has 0 saturated heterocycles. The number of anilines is 1. The Balaban J connectivity index is 1.95. The van der Waals surface area contributed by atoms with Crippen LogP contribution in [0.15, 0.2) is 42.5 Å². The maximum absolute atomic E-state index is 13.4. The highest BCUT2D eigenvalue weighted by atomic mass is 35.5. The molecule has 1 heterocycles. The average molecular weight is 362 g/mol. The fraction of sp³-hybridized carbons (Fsp3) is 0.111. The van der Waals surface area contributed by atoms with Crippen molar-refractivity contribution in [2.45, 2.75) is 13.8 Å². The Morgan fingerprint density at radius 3 is 2.40 bits per heavy atom. The number of benzene rings is 2. The van der Waals surface area contributed by atoms with E-state index in [1.165, 1.54) is 0 Å². The average Bonchev–Trinajstić information content (AvgIpc) is 2.92. The largest absolute Gasteiger partial charge is 0.306 e. The third-order valence-electron chi connectivity index (χ3n) is 3.61. The number of nitrogens with one attached hydrogen (secondary N) is 1. The van der Waals surface area contributed by atoms with E-state index < -0.39 is 17.5 Å². The van der Waals surface area contributed by atoms with Crippen molar-refractivity contribution in [3.8, 4) is 5.69 Å². The second kappa shape index (κ2) is 6.64. The van der Waals surface area contributed by atoms with Gasteiger partial charge in [-0.2, -0.15) is 5.10 Å². The molecule has 0 aliphatic carbocycles. The summed E-state index contributed by atoms with van der Waals surface area (Å²) >= 11 is 5.85. The number of nitrogens with zero attached hydrogens (tertiary/aromatic N) is 2. The van der Waals surface area contributed by atoms with Crippen LogP contribution in [-0.4, -0.2) is 15.7 Å². The number of hydrogen-bond donors (Lipinski definition) is 1. The van der Waals surface area contributed by atoms with E-state index in [9.17, 15) is 13.6 Å². The summed E-state index contributed by atoms with van der Waals surface area (Å²) in [5, 5.41) is 6.81. The highest BCUT2D eigenvalue weighted by Gasteiger charge is 2.17. The number of aromatic nitrogens is 2. The first-order valence-electron chi connectivity index (χ1n) is 7.45. The first kappa shape index (κ1) is 17.1. The molecule has 25 heavy (non-hydrogen) atoms. The second-order valence-electron chi connectivity index (χ2n) is 5.62. The van der Waals surface area contributed by atoms with Crippen LogP contribution in [0.25, 0.3) is 5.69 Å². The first-order valence-corrected chi connectivity index (χ1v) is 7.82. The summed E-state index contributed by atoms with van der Waals surface area (Å²) in [6, 6.07) is 10.8. The first-order chi connectivity index (χ1) is 11.8. The van der Waals surface area contributed by atoms with Gasteiger partial charge in [0.05, 0.1) is 22.0 Å². The van der Waals surface area contributed by atoms with Gasteiger partial charge in [-0.05, 0) is 38.1 Å². The molecule has 0 aliphatic rings. The Morgan fingerprint density at radius 1 is 1.08 bits per heavy atom. The highest BCUT2D eigenvalue weighted by molar-refractivity contribution is 6.34. The Hall–Kier alpha value is -2.73. The number of aryl methyl sites for hydroxylation is 2. The van der Waals surface area contributed by atoms with Gasteiger partial charge in [-0.3, -0.25) is 4.79 Å². The third-order valence-corrected chi connectivity index (χ3v) is 3.92. The van der Waals surface area contributed by atoms with Gasteiger partial charge in [0.15, 0.2) is 11.6 Å². The summed E-state index contributed by atoms with van der Waals surface area (Å²) in [6.07, 6.45) is 0. The van der Waals surface area contributed by atoms with Crippen molar-refractivity contribution >= 4 is 23.3 Å². The predicted molar refractivity (Wildman–Crippen MR) is 92.4 cm³/mol. The molecule has 0 unspecified atom stereocenters. The fourth-order valence-corrected chi connectivity index (χ4v) is 2.59. The molecule has 0 atom stereocenters. The van der Waals surface area contributed by atoms with E-state index in [0.29, 0.717) is 11.5 Å². The van der Waals surface area contributed by atoms with E-state index in [1.807, 2.05) is 31.2 Å². The zero-order valence-electron chi connectivity index (χ0n) is 13.5. The van der Waals surface area contributed by atoms with E-state index in [4.69, 9.17) is 11.6 Å². The van der Waals surface area contributed by atoms with Crippen LogP contribution in [0, 0.1) is 25.5 Å². The summed E-state index contributed by atoms with van der Waals surface area (Å²) in [6.45, 7) is 3.75. The van der Waals surface area contributed by atoms with Crippen LogP contribution in [-0.2, 0) is 0 Å². The van der Waals surface area contributed by atoms with Crippen molar-refractivity contribution < 1.29 is 13.6 Å². The predicted octanol–water partition coefficient (Wildman–Crippen LogP) is 4.67. The van der Waals surface area contributed by atoms with E-state index in [2.05, 4.69) is 10.4 Å². The van der Waals surface area contributed by atoms with Crippen molar-refractivity contribution in [1.29, 1.82) is 0 Å². The minimum Gasteiger partial charge on any atom is -0.306 e. The highest BCUT2D eigenvalue weighted by Crippen LogP contribution is 2.23. The number of amides is 1. The standard InChI is InChI=1S/C18H14ClF2N3O/c1-10-3-5-12(6-4-10)24-17(7-11(2)23-24)22-18(25)13-8-15(20)16(21)9-14(13)19/h3-9H,1-2H3,(H,22,25). The van der Waals surface area contributed by atoms with Gasteiger partial charge in [-0.25, -0.2) is 13.5 Å².